The van der Waals surface area contributed by atoms with Gasteiger partial charge < -0.3 is 10.1 Å². The smallest absolute Gasteiger partial charge is 0.340 e. The quantitative estimate of drug-likeness (QED) is 0.191. The average Bonchev–Trinajstić information content (AvgIpc) is 2.83. The molecule has 1 amide bonds. The Balaban J connectivity index is 1.87. The number of benzene rings is 2. The summed E-state index contributed by atoms with van der Waals surface area (Å²) >= 11 is 18.2. The first-order valence-corrected chi connectivity index (χ1v) is 11.4. The van der Waals surface area contributed by atoms with Crippen LogP contribution in [0.4, 0.5) is 5.69 Å². The summed E-state index contributed by atoms with van der Waals surface area (Å²) in [6, 6.07) is 13.6. The van der Waals surface area contributed by atoms with Gasteiger partial charge in [-0.2, -0.15) is 0 Å². The first kappa shape index (κ1) is 23.8. The Morgan fingerprint density at radius 3 is 2.35 bits per heavy atom. The zero-order chi connectivity index (χ0) is 24.2. The van der Waals surface area contributed by atoms with Crippen LogP contribution in [-0.4, -0.2) is 33.3 Å². The summed E-state index contributed by atoms with van der Waals surface area (Å²) in [7, 11) is 0. The fraction of sp³-hybridized carbons (Fsp3) is 0.0800. The molecule has 2 heterocycles. The predicted molar refractivity (Wildman–Crippen MR) is 137 cm³/mol. The second kappa shape index (κ2) is 10.3. The highest BCUT2D eigenvalue weighted by Crippen LogP contribution is 2.31. The fourth-order valence-electron chi connectivity index (χ4n) is 3.48. The zero-order valence-electron chi connectivity index (χ0n) is 17.8. The molecule has 2 aromatic heterocycles. The van der Waals surface area contributed by atoms with E-state index in [2.05, 4.69) is 15.3 Å². The van der Waals surface area contributed by atoms with Crippen LogP contribution >= 0.6 is 35.4 Å². The van der Waals surface area contributed by atoms with Crippen molar-refractivity contribution in [3.8, 4) is 0 Å². The molecular formula is C25H17Cl2N3O3S. The van der Waals surface area contributed by atoms with Gasteiger partial charge in [-0.05, 0) is 42.8 Å². The fourth-order valence-corrected chi connectivity index (χ4v) is 4.40. The summed E-state index contributed by atoms with van der Waals surface area (Å²) < 4.78 is 5.23. The molecule has 2 aromatic carbocycles. The number of thiocarbonyl (C=S) groups is 1. The van der Waals surface area contributed by atoms with Crippen molar-refractivity contribution in [3.05, 3.63) is 99.4 Å². The Hall–Kier alpha value is -3.39. The lowest BCUT2D eigenvalue weighted by atomic mass is 9.96. The van der Waals surface area contributed by atoms with Crippen molar-refractivity contribution in [1.82, 2.24) is 9.97 Å². The Morgan fingerprint density at radius 1 is 1.00 bits per heavy atom. The maximum absolute atomic E-state index is 13.0. The van der Waals surface area contributed by atoms with Crippen LogP contribution in [0.3, 0.4) is 0 Å². The zero-order valence-corrected chi connectivity index (χ0v) is 20.2. The third-order valence-corrected chi connectivity index (χ3v) is 6.07. The average molecular weight is 510 g/mol. The van der Waals surface area contributed by atoms with E-state index in [1.165, 1.54) is 6.20 Å². The number of amides is 1. The highest BCUT2D eigenvalue weighted by Gasteiger charge is 2.23. The van der Waals surface area contributed by atoms with Crippen LogP contribution in [0.1, 0.15) is 38.8 Å². The molecule has 0 fully saturated rings. The van der Waals surface area contributed by atoms with Crippen molar-refractivity contribution in [1.29, 1.82) is 0 Å². The molecule has 9 heteroatoms. The van der Waals surface area contributed by atoms with E-state index in [9.17, 15) is 9.59 Å². The van der Waals surface area contributed by atoms with Crippen LogP contribution in [-0.2, 0) is 4.74 Å². The summed E-state index contributed by atoms with van der Waals surface area (Å²) in [5.41, 5.74) is 2.43. The first-order valence-electron chi connectivity index (χ1n) is 10.2. The molecule has 0 unspecified atom stereocenters. The molecule has 0 saturated carbocycles. The number of carbonyl (C=O) groups is 2. The van der Waals surface area contributed by atoms with E-state index in [0.29, 0.717) is 32.6 Å². The summed E-state index contributed by atoms with van der Waals surface area (Å²) in [4.78, 5) is 34.6. The molecule has 0 aliphatic carbocycles. The van der Waals surface area contributed by atoms with Gasteiger partial charge in [0.15, 0.2) is 0 Å². The van der Waals surface area contributed by atoms with Gasteiger partial charge in [0, 0.05) is 29.5 Å². The van der Waals surface area contributed by atoms with E-state index in [-0.39, 0.29) is 27.8 Å². The third kappa shape index (κ3) is 4.63. The number of carbonyl (C=O) groups excluding carboxylic acids is 2. The van der Waals surface area contributed by atoms with Crippen LogP contribution in [0.15, 0.2) is 67.1 Å². The number of nitrogens with one attached hydrogen (secondary N) is 1. The number of ether oxygens (including phenoxy) is 1. The monoisotopic (exact) mass is 509 g/mol. The van der Waals surface area contributed by atoms with Gasteiger partial charge in [-0.3, -0.25) is 14.8 Å². The highest BCUT2D eigenvalue weighted by molar-refractivity contribution is 7.81. The predicted octanol–water partition coefficient (Wildman–Crippen LogP) is 6.13. The Kier molecular flexibility index (Phi) is 7.17. The Labute approximate surface area is 210 Å². The third-order valence-electron chi connectivity index (χ3n) is 5.00. The number of rotatable bonds is 6. The molecule has 0 aliphatic rings. The number of esters is 1. The van der Waals surface area contributed by atoms with Crippen LogP contribution in [0.25, 0.3) is 10.9 Å². The number of fused-ring (bicyclic) bond motifs is 1. The molecule has 1 N–H and O–H groups in total. The van der Waals surface area contributed by atoms with Gasteiger partial charge in [0.25, 0.3) is 5.91 Å². The minimum atomic E-state index is -0.541. The van der Waals surface area contributed by atoms with E-state index < -0.39 is 11.9 Å². The largest absolute Gasteiger partial charge is 0.462 e. The second-order valence-corrected chi connectivity index (χ2v) is 8.31. The van der Waals surface area contributed by atoms with Gasteiger partial charge in [0.2, 0.25) is 0 Å². The maximum Gasteiger partial charge on any atom is 0.340 e. The number of aromatic nitrogens is 2. The number of nitrogens with zero attached hydrogens (tertiary/aromatic N) is 2. The SMILES string of the molecule is CCOC(=O)c1cnc2c(NC(=O)c3c(Cl)cccc3Cl)cccc2c1C(=S)c1ccncc1. The van der Waals surface area contributed by atoms with Gasteiger partial charge in [-0.15, -0.1) is 0 Å². The van der Waals surface area contributed by atoms with E-state index in [1.54, 1.807) is 67.8 Å². The van der Waals surface area contributed by atoms with Crippen molar-refractivity contribution in [2.75, 3.05) is 11.9 Å². The standard InChI is InChI=1S/C25H17Cl2N3O3S/c1-2-33-25(32)16-13-29-22-15(20(16)23(34)14-9-11-28-12-10-14)5-3-8-19(22)30-24(31)21-17(26)6-4-7-18(21)27/h3-13H,2H2,1H3,(H,30,31). The molecule has 0 radical (unpaired) electrons. The van der Waals surface area contributed by atoms with E-state index in [0.717, 1.165) is 0 Å². The summed E-state index contributed by atoms with van der Waals surface area (Å²) in [6.45, 7) is 1.92. The van der Waals surface area contributed by atoms with E-state index >= 15 is 0 Å². The molecular weight excluding hydrogens is 493 g/mol. The van der Waals surface area contributed by atoms with Crippen molar-refractivity contribution < 1.29 is 14.3 Å². The molecule has 34 heavy (non-hydrogen) atoms. The van der Waals surface area contributed by atoms with Gasteiger partial charge >= 0.3 is 5.97 Å². The molecule has 0 aliphatic heterocycles. The lowest BCUT2D eigenvalue weighted by Crippen LogP contribution is -2.16. The first-order chi connectivity index (χ1) is 16.4. The molecule has 0 bridgehead atoms. The maximum atomic E-state index is 13.0. The van der Waals surface area contributed by atoms with Crippen LogP contribution in [0.2, 0.25) is 10.0 Å². The van der Waals surface area contributed by atoms with E-state index in [1.807, 2.05) is 0 Å². The summed E-state index contributed by atoms with van der Waals surface area (Å²) in [6.07, 6.45) is 4.64. The van der Waals surface area contributed by atoms with Gasteiger partial charge in [-0.1, -0.05) is 53.6 Å². The summed E-state index contributed by atoms with van der Waals surface area (Å²) in [5.74, 6) is -1.03. The number of hydrogen-bond acceptors (Lipinski definition) is 6. The molecule has 4 aromatic rings. The van der Waals surface area contributed by atoms with Gasteiger partial charge in [0.05, 0.1) is 43.8 Å². The molecule has 0 saturated heterocycles. The molecule has 6 nitrogen and oxygen atoms in total. The Bertz CT molecular complexity index is 1410. The van der Waals surface area contributed by atoms with Crippen LogP contribution in [0.5, 0.6) is 0 Å². The lowest BCUT2D eigenvalue weighted by molar-refractivity contribution is 0.0526. The topological polar surface area (TPSA) is 81.2 Å². The van der Waals surface area contributed by atoms with Crippen LogP contribution < -0.4 is 5.32 Å². The van der Waals surface area contributed by atoms with Gasteiger partial charge in [0.1, 0.15) is 0 Å². The van der Waals surface area contributed by atoms with Crippen LogP contribution in [0, 0.1) is 0 Å². The van der Waals surface area contributed by atoms with E-state index in [4.69, 9.17) is 40.2 Å². The van der Waals surface area contributed by atoms with Crippen molar-refractivity contribution >= 4 is 68.8 Å². The number of hydrogen-bond donors (Lipinski definition) is 1. The molecule has 0 atom stereocenters. The molecule has 170 valence electrons. The van der Waals surface area contributed by atoms with Crippen molar-refractivity contribution in [2.45, 2.75) is 6.92 Å². The Morgan fingerprint density at radius 2 is 1.68 bits per heavy atom. The number of halogens is 2. The number of pyridine rings is 2. The number of anilines is 1. The van der Waals surface area contributed by atoms with Gasteiger partial charge in [-0.25, -0.2) is 4.79 Å². The molecule has 4 rings (SSSR count). The minimum absolute atomic E-state index is 0.151. The highest BCUT2D eigenvalue weighted by atomic mass is 35.5. The minimum Gasteiger partial charge on any atom is -0.462 e. The second-order valence-electron chi connectivity index (χ2n) is 7.08. The number of para-hydroxylation sites is 1. The molecule has 0 spiro atoms. The lowest BCUT2D eigenvalue weighted by Gasteiger charge is -2.16. The van der Waals surface area contributed by atoms with Crippen molar-refractivity contribution in [3.63, 3.8) is 0 Å². The van der Waals surface area contributed by atoms with Crippen molar-refractivity contribution in [2.24, 2.45) is 0 Å². The normalized spacial score (nSPS) is 10.7. The summed E-state index contributed by atoms with van der Waals surface area (Å²) in [5, 5.41) is 3.85.